The Kier molecular flexibility index (Phi) is 4.84. The molecular weight excluding hydrogens is 388 g/mol. The van der Waals surface area contributed by atoms with Gasteiger partial charge in [0, 0.05) is 0 Å². The minimum absolute atomic E-state index is 0.0823. The van der Waals surface area contributed by atoms with E-state index in [1.807, 2.05) is 38.1 Å². The molecule has 1 unspecified atom stereocenters. The number of aliphatic hydroxyl groups is 1. The van der Waals surface area contributed by atoms with Crippen LogP contribution in [-0.4, -0.2) is 26.7 Å². The maximum atomic E-state index is 13.4. The highest BCUT2D eigenvalue weighted by molar-refractivity contribution is 7.14. The summed E-state index contributed by atoms with van der Waals surface area (Å²) in [5, 5.41) is 11.5. The smallest absolute Gasteiger partial charge is 0.290 e. The number of rotatable bonds is 5. The van der Waals surface area contributed by atoms with Gasteiger partial charge in [0.1, 0.15) is 5.76 Å². The molecule has 4 rings (SSSR count). The number of furan rings is 1. The van der Waals surface area contributed by atoms with Gasteiger partial charge in [0.15, 0.2) is 5.76 Å². The predicted octanol–water partition coefficient (Wildman–Crippen LogP) is 4.44. The number of carbonyl (C=O) groups excluding carboxylic acids is 2. The summed E-state index contributed by atoms with van der Waals surface area (Å²) in [6, 6.07) is 10.4. The highest BCUT2D eigenvalue weighted by Crippen LogP contribution is 2.41. The van der Waals surface area contributed by atoms with Crippen LogP contribution in [-0.2, 0) is 11.3 Å². The van der Waals surface area contributed by atoms with Crippen molar-refractivity contribution in [1.29, 1.82) is 0 Å². The molecule has 148 valence electrons. The zero-order chi connectivity index (χ0) is 20.7. The quantitative estimate of drug-likeness (QED) is 0.631. The first-order valence-corrected chi connectivity index (χ1v) is 10.00. The molecule has 0 saturated heterocycles. The second-order valence-electron chi connectivity index (χ2n) is 7.07. The molecule has 2 aromatic heterocycles. The van der Waals surface area contributed by atoms with Crippen LogP contribution in [0.1, 0.15) is 43.3 Å². The van der Waals surface area contributed by atoms with Gasteiger partial charge < -0.3 is 14.4 Å². The van der Waals surface area contributed by atoms with Gasteiger partial charge in [-0.3, -0.25) is 9.59 Å². The van der Waals surface area contributed by atoms with Crippen molar-refractivity contribution in [3.63, 3.8) is 0 Å². The lowest BCUT2D eigenvalue weighted by Crippen LogP contribution is -2.30. The molecule has 3 heterocycles. The van der Waals surface area contributed by atoms with Crippen molar-refractivity contribution in [2.45, 2.75) is 33.4 Å². The number of benzene rings is 1. The van der Waals surface area contributed by atoms with E-state index in [0.29, 0.717) is 16.3 Å². The molecule has 1 aromatic carbocycles. The zero-order valence-electron chi connectivity index (χ0n) is 16.3. The van der Waals surface area contributed by atoms with E-state index in [0.717, 1.165) is 16.1 Å². The largest absolute Gasteiger partial charge is 0.503 e. The van der Waals surface area contributed by atoms with E-state index in [1.54, 1.807) is 19.1 Å². The Morgan fingerprint density at radius 3 is 2.66 bits per heavy atom. The lowest BCUT2D eigenvalue weighted by atomic mass is 9.94. The first-order valence-electron chi connectivity index (χ1n) is 9.18. The van der Waals surface area contributed by atoms with E-state index in [-0.39, 0.29) is 17.9 Å². The number of thiazole rings is 1. The van der Waals surface area contributed by atoms with Gasteiger partial charge in [0.2, 0.25) is 5.78 Å². The SMILES string of the molecule is Cc1cccc(C2C(C(=O)c3sc(C)nc3C)=C(O)C(=O)N2Cc2ccco2)c1. The Morgan fingerprint density at radius 1 is 1.24 bits per heavy atom. The molecule has 1 aliphatic rings. The summed E-state index contributed by atoms with van der Waals surface area (Å²) in [5.41, 5.74) is 2.43. The molecule has 0 saturated carbocycles. The van der Waals surface area contributed by atoms with Crippen molar-refractivity contribution in [3.05, 3.63) is 86.5 Å². The number of nitrogens with zero attached hydrogens (tertiary/aromatic N) is 2. The Balaban J connectivity index is 1.83. The van der Waals surface area contributed by atoms with Crippen LogP contribution in [0, 0.1) is 20.8 Å². The number of carbonyl (C=O) groups is 2. The molecule has 29 heavy (non-hydrogen) atoms. The fourth-order valence-corrected chi connectivity index (χ4v) is 4.54. The fraction of sp³-hybridized carbons (Fsp3) is 0.227. The second-order valence-corrected chi connectivity index (χ2v) is 8.27. The van der Waals surface area contributed by atoms with Crippen LogP contribution < -0.4 is 0 Å². The fourth-order valence-electron chi connectivity index (χ4n) is 3.67. The summed E-state index contributed by atoms with van der Waals surface area (Å²) in [7, 11) is 0. The molecule has 7 heteroatoms. The minimum Gasteiger partial charge on any atom is -0.503 e. The van der Waals surface area contributed by atoms with Crippen LogP contribution in [0.5, 0.6) is 0 Å². The molecule has 1 amide bonds. The zero-order valence-corrected chi connectivity index (χ0v) is 17.1. The minimum atomic E-state index is -0.707. The van der Waals surface area contributed by atoms with Gasteiger partial charge in [-0.2, -0.15) is 0 Å². The highest BCUT2D eigenvalue weighted by atomic mass is 32.1. The summed E-state index contributed by atoms with van der Waals surface area (Å²) in [5.74, 6) is -0.900. The molecule has 0 aliphatic carbocycles. The number of aromatic nitrogens is 1. The first kappa shape index (κ1) is 19.1. The summed E-state index contributed by atoms with van der Waals surface area (Å²) < 4.78 is 5.40. The van der Waals surface area contributed by atoms with Gasteiger partial charge in [-0.05, 0) is 38.5 Å². The van der Waals surface area contributed by atoms with Crippen molar-refractivity contribution in [2.24, 2.45) is 0 Å². The number of Topliss-reactive ketones (excluding diaryl/α,β-unsaturated/α-hetero) is 1. The normalized spacial score (nSPS) is 16.7. The van der Waals surface area contributed by atoms with E-state index in [4.69, 9.17) is 4.42 Å². The van der Waals surface area contributed by atoms with E-state index in [2.05, 4.69) is 4.98 Å². The summed E-state index contributed by atoms with van der Waals surface area (Å²) >= 11 is 1.27. The summed E-state index contributed by atoms with van der Waals surface area (Å²) in [4.78, 5) is 32.6. The summed E-state index contributed by atoms with van der Waals surface area (Å²) in [6.07, 6.45) is 1.53. The van der Waals surface area contributed by atoms with Crippen molar-refractivity contribution >= 4 is 23.0 Å². The van der Waals surface area contributed by atoms with Crippen LogP contribution in [0.2, 0.25) is 0 Å². The Bertz CT molecular complexity index is 1130. The standard InChI is InChI=1S/C22H20N2O4S/c1-12-6-4-7-15(10-12)18-17(19(25)21-13(2)23-14(3)29-21)20(26)22(27)24(18)11-16-8-5-9-28-16/h4-10,18,26H,11H2,1-3H3. The first-order chi connectivity index (χ1) is 13.9. The predicted molar refractivity (Wildman–Crippen MR) is 109 cm³/mol. The maximum absolute atomic E-state index is 13.4. The Hall–Kier alpha value is -3.19. The van der Waals surface area contributed by atoms with Crippen molar-refractivity contribution in [2.75, 3.05) is 0 Å². The third-order valence-electron chi connectivity index (χ3n) is 4.92. The number of hydrogen-bond donors (Lipinski definition) is 1. The van der Waals surface area contributed by atoms with Crippen LogP contribution in [0.3, 0.4) is 0 Å². The lowest BCUT2D eigenvalue weighted by molar-refractivity contribution is -0.130. The van der Waals surface area contributed by atoms with E-state index < -0.39 is 17.7 Å². The number of hydrogen-bond acceptors (Lipinski definition) is 6. The van der Waals surface area contributed by atoms with Crippen molar-refractivity contribution < 1.29 is 19.1 Å². The topological polar surface area (TPSA) is 83.6 Å². The Morgan fingerprint density at radius 2 is 2.03 bits per heavy atom. The molecule has 1 atom stereocenters. The molecule has 0 fully saturated rings. The van der Waals surface area contributed by atoms with E-state index in [1.165, 1.54) is 22.5 Å². The van der Waals surface area contributed by atoms with Crippen LogP contribution >= 0.6 is 11.3 Å². The average molecular weight is 408 g/mol. The molecule has 0 radical (unpaired) electrons. The molecule has 0 bridgehead atoms. The van der Waals surface area contributed by atoms with Crippen LogP contribution in [0.4, 0.5) is 0 Å². The number of amides is 1. The average Bonchev–Trinajstić information content (AvgIpc) is 3.37. The van der Waals surface area contributed by atoms with Gasteiger partial charge in [-0.1, -0.05) is 29.8 Å². The van der Waals surface area contributed by atoms with E-state index in [9.17, 15) is 14.7 Å². The van der Waals surface area contributed by atoms with Gasteiger partial charge in [0.05, 0.1) is 40.0 Å². The molecule has 0 spiro atoms. The molecule has 1 N–H and O–H groups in total. The molecule has 1 aliphatic heterocycles. The van der Waals surface area contributed by atoms with Gasteiger partial charge in [-0.15, -0.1) is 11.3 Å². The third kappa shape index (κ3) is 3.38. The van der Waals surface area contributed by atoms with E-state index >= 15 is 0 Å². The summed E-state index contributed by atoms with van der Waals surface area (Å²) in [6.45, 7) is 5.67. The lowest BCUT2D eigenvalue weighted by Gasteiger charge is -2.26. The van der Waals surface area contributed by atoms with Crippen LogP contribution in [0.25, 0.3) is 0 Å². The molecule has 3 aromatic rings. The van der Waals surface area contributed by atoms with Gasteiger partial charge >= 0.3 is 0 Å². The maximum Gasteiger partial charge on any atom is 0.290 e. The number of ketones is 1. The Labute approximate surface area is 172 Å². The third-order valence-corrected chi connectivity index (χ3v) is 5.99. The number of aryl methyl sites for hydroxylation is 3. The number of aliphatic hydroxyl groups excluding tert-OH is 1. The molecular formula is C22H20N2O4S. The van der Waals surface area contributed by atoms with Crippen LogP contribution in [0.15, 0.2) is 58.4 Å². The second kappa shape index (κ2) is 7.33. The molecule has 6 nitrogen and oxygen atoms in total. The van der Waals surface area contributed by atoms with Gasteiger partial charge in [-0.25, -0.2) is 4.98 Å². The monoisotopic (exact) mass is 408 g/mol. The van der Waals surface area contributed by atoms with Crippen molar-refractivity contribution in [3.8, 4) is 0 Å². The van der Waals surface area contributed by atoms with Gasteiger partial charge in [0.25, 0.3) is 5.91 Å². The highest BCUT2D eigenvalue weighted by Gasteiger charge is 2.44. The van der Waals surface area contributed by atoms with Crippen molar-refractivity contribution in [1.82, 2.24) is 9.88 Å².